The Balaban J connectivity index is 0.00000288. The lowest BCUT2D eigenvalue weighted by molar-refractivity contribution is 0.0179. The van der Waals surface area contributed by atoms with E-state index in [1.54, 1.807) is 0 Å². The van der Waals surface area contributed by atoms with Gasteiger partial charge in [-0.25, -0.2) is 0 Å². The second-order valence-electron chi connectivity index (χ2n) is 5.56. The van der Waals surface area contributed by atoms with E-state index in [4.69, 9.17) is 22.1 Å². The lowest BCUT2D eigenvalue weighted by Crippen LogP contribution is -2.41. The maximum Gasteiger partial charge on any atom is 0.191 e. The standard InChI is InChI=1S/C17H27ClN4O.HI/c1-3-21(4-2)17(19)20-13-16(22-9-11-23-12-10-22)14-7-5-6-8-15(14)18;/h5-8,16H,3-4,9-13H2,1-2H3,(H2,19,20);1H. The molecule has 7 heteroatoms. The zero-order chi connectivity index (χ0) is 16.7. The summed E-state index contributed by atoms with van der Waals surface area (Å²) in [6, 6.07) is 8.11. The summed E-state index contributed by atoms with van der Waals surface area (Å²) in [5.41, 5.74) is 7.24. The lowest BCUT2D eigenvalue weighted by Gasteiger charge is -2.34. The average molecular weight is 467 g/mol. The third kappa shape index (κ3) is 5.75. The number of halogens is 2. The van der Waals surface area contributed by atoms with E-state index < -0.39 is 0 Å². The number of aliphatic imine (C=N–C) groups is 1. The van der Waals surface area contributed by atoms with Crippen molar-refractivity contribution in [3.8, 4) is 0 Å². The van der Waals surface area contributed by atoms with Crippen molar-refractivity contribution in [3.63, 3.8) is 0 Å². The van der Waals surface area contributed by atoms with E-state index in [2.05, 4.69) is 34.7 Å². The van der Waals surface area contributed by atoms with Crippen LogP contribution in [-0.2, 0) is 4.74 Å². The highest BCUT2D eigenvalue weighted by molar-refractivity contribution is 14.0. The maximum absolute atomic E-state index is 6.42. The van der Waals surface area contributed by atoms with Crippen molar-refractivity contribution < 1.29 is 4.74 Å². The van der Waals surface area contributed by atoms with Gasteiger partial charge in [0.25, 0.3) is 0 Å². The third-order valence-electron chi connectivity index (χ3n) is 4.26. The molecule has 2 N–H and O–H groups in total. The molecule has 1 saturated heterocycles. The number of guanidine groups is 1. The van der Waals surface area contributed by atoms with Crippen molar-refractivity contribution in [2.24, 2.45) is 10.7 Å². The fraction of sp³-hybridized carbons (Fsp3) is 0.588. The Morgan fingerprint density at radius 1 is 1.29 bits per heavy atom. The molecule has 1 unspecified atom stereocenters. The van der Waals surface area contributed by atoms with E-state index in [1.807, 2.05) is 18.2 Å². The summed E-state index contributed by atoms with van der Waals surface area (Å²) in [7, 11) is 0. The van der Waals surface area contributed by atoms with Gasteiger partial charge in [0.15, 0.2) is 5.96 Å². The quantitative estimate of drug-likeness (QED) is 0.398. The molecule has 1 heterocycles. The molecule has 0 saturated carbocycles. The van der Waals surface area contributed by atoms with Gasteiger partial charge in [0.2, 0.25) is 0 Å². The van der Waals surface area contributed by atoms with Crippen LogP contribution in [0.2, 0.25) is 5.02 Å². The molecule has 0 aromatic heterocycles. The molecule has 0 radical (unpaired) electrons. The fourth-order valence-corrected chi connectivity index (χ4v) is 3.13. The zero-order valence-corrected chi connectivity index (χ0v) is 17.5. The Labute approximate surface area is 167 Å². The van der Waals surface area contributed by atoms with E-state index in [1.165, 1.54) is 0 Å². The van der Waals surface area contributed by atoms with E-state index in [0.29, 0.717) is 12.5 Å². The van der Waals surface area contributed by atoms with Crippen LogP contribution in [0.25, 0.3) is 0 Å². The topological polar surface area (TPSA) is 54.1 Å². The molecule has 0 aliphatic carbocycles. The molecule has 1 aromatic carbocycles. The SMILES string of the molecule is CCN(CC)C(N)=NCC(c1ccccc1Cl)N1CCOCC1.I. The van der Waals surface area contributed by atoms with Crippen LogP contribution in [0.3, 0.4) is 0 Å². The van der Waals surface area contributed by atoms with Crippen molar-refractivity contribution in [2.75, 3.05) is 45.9 Å². The van der Waals surface area contributed by atoms with Crippen molar-refractivity contribution in [3.05, 3.63) is 34.9 Å². The molecule has 0 bridgehead atoms. The van der Waals surface area contributed by atoms with E-state index in [-0.39, 0.29) is 30.0 Å². The van der Waals surface area contributed by atoms with E-state index in [0.717, 1.165) is 50.0 Å². The predicted molar refractivity (Wildman–Crippen MR) is 111 cm³/mol. The van der Waals surface area contributed by atoms with Gasteiger partial charge in [0.05, 0.1) is 25.8 Å². The molecule has 1 atom stereocenters. The molecular weight excluding hydrogens is 439 g/mol. The van der Waals surface area contributed by atoms with Gasteiger partial charge in [0, 0.05) is 31.2 Å². The van der Waals surface area contributed by atoms with Gasteiger partial charge in [-0.05, 0) is 25.5 Å². The summed E-state index contributed by atoms with van der Waals surface area (Å²) in [6.07, 6.45) is 0. The first kappa shape index (κ1) is 21.5. The summed E-state index contributed by atoms with van der Waals surface area (Å²) in [6.45, 7) is 9.75. The highest BCUT2D eigenvalue weighted by atomic mass is 127. The van der Waals surface area contributed by atoms with Crippen molar-refractivity contribution in [1.82, 2.24) is 9.80 Å². The monoisotopic (exact) mass is 466 g/mol. The van der Waals surface area contributed by atoms with Gasteiger partial charge in [0.1, 0.15) is 0 Å². The molecule has 136 valence electrons. The number of nitrogens with zero attached hydrogens (tertiary/aromatic N) is 3. The van der Waals surface area contributed by atoms with E-state index >= 15 is 0 Å². The summed E-state index contributed by atoms with van der Waals surface area (Å²) < 4.78 is 5.47. The zero-order valence-electron chi connectivity index (χ0n) is 14.4. The highest BCUT2D eigenvalue weighted by Gasteiger charge is 2.24. The van der Waals surface area contributed by atoms with Crippen LogP contribution in [0.1, 0.15) is 25.5 Å². The Kier molecular flexibility index (Phi) is 9.95. The Morgan fingerprint density at radius 3 is 2.50 bits per heavy atom. The first-order valence-corrected chi connectivity index (χ1v) is 8.66. The Hall–Kier alpha value is -0.570. The molecule has 1 fully saturated rings. The largest absolute Gasteiger partial charge is 0.379 e. The minimum absolute atomic E-state index is 0. The lowest BCUT2D eigenvalue weighted by atomic mass is 10.0. The van der Waals surface area contributed by atoms with Crippen molar-refractivity contribution in [1.29, 1.82) is 0 Å². The van der Waals surface area contributed by atoms with Gasteiger partial charge >= 0.3 is 0 Å². The van der Waals surface area contributed by atoms with Crippen LogP contribution in [-0.4, -0.2) is 61.7 Å². The number of ether oxygens (including phenoxy) is 1. The Bertz CT molecular complexity index is 519. The molecule has 2 rings (SSSR count). The second-order valence-corrected chi connectivity index (χ2v) is 5.96. The smallest absolute Gasteiger partial charge is 0.191 e. The number of morpholine rings is 1. The number of hydrogen-bond donors (Lipinski definition) is 1. The van der Waals surface area contributed by atoms with Crippen molar-refractivity contribution >= 4 is 41.5 Å². The second kappa shape index (κ2) is 11.1. The Morgan fingerprint density at radius 2 is 1.92 bits per heavy atom. The van der Waals surface area contributed by atoms with Crippen LogP contribution < -0.4 is 5.73 Å². The average Bonchev–Trinajstić information content (AvgIpc) is 2.58. The van der Waals surface area contributed by atoms with Gasteiger partial charge < -0.3 is 15.4 Å². The van der Waals surface area contributed by atoms with E-state index in [9.17, 15) is 0 Å². The summed E-state index contributed by atoms with van der Waals surface area (Å²) in [5.74, 6) is 0.598. The fourth-order valence-electron chi connectivity index (χ4n) is 2.87. The maximum atomic E-state index is 6.42. The highest BCUT2D eigenvalue weighted by Crippen LogP contribution is 2.28. The first-order valence-electron chi connectivity index (χ1n) is 8.28. The molecule has 0 amide bonds. The minimum atomic E-state index is 0. The van der Waals surface area contributed by atoms with Crippen LogP contribution in [0, 0.1) is 0 Å². The van der Waals surface area contributed by atoms with Crippen LogP contribution in [0.4, 0.5) is 0 Å². The molecule has 1 aliphatic rings. The number of rotatable bonds is 6. The number of benzene rings is 1. The molecule has 1 aromatic rings. The first-order chi connectivity index (χ1) is 11.2. The summed E-state index contributed by atoms with van der Waals surface area (Å²) in [5, 5.41) is 0.778. The minimum Gasteiger partial charge on any atom is -0.379 e. The van der Waals surface area contributed by atoms with Gasteiger partial charge in [-0.3, -0.25) is 9.89 Å². The van der Waals surface area contributed by atoms with Crippen LogP contribution >= 0.6 is 35.6 Å². The van der Waals surface area contributed by atoms with Crippen molar-refractivity contribution in [2.45, 2.75) is 19.9 Å². The molecule has 1 aliphatic heterocycles. The molecule has 24 heavy (non-hydrogen) atoms. The van der Waals surface area contributed by atoms with Gasteiger partial charge in [-0.1, -0.05) is 29.8 Å². The molecular formula is C17H28ClIN4O. The predicted octanol–water partition coefficient (Wildman–Crippen LogP) is 2.99. The van der Waals surface area contributed by atoms with Crippen LogP contribution in [0.5, 0.6) is 0 Å². The normalized spacial score (nSPS) is 17.2. The van der Waals surface area contributed by atoms with Crippen LogP contribution in [0.15, 0.2) is 29.3 Å². The summed E-state index contributed by atoms with van der Waals surface area (Å²) >= 11 is 6.42. The third-order valence-corrected chi connectivity index (χ3v) is 4.61. The van der Waals surface area contributed by atoms with Gasteiger partial charge in [-0.15, -0.1) is 24.0 Å². The summed E-state index contributed by atoms with van der Waals surface area (Å²) in [4.78, 5) is 9.08. The molecule has 5 nitrogen and oxygen atoms in total. The van der Waals surface area contributed by atoms with Gasteiger partial charge in [-0.2, -0.15) is 0 Å². The molecule has 0 spiro atoms. The number of hydrogen-bond acceptors (Lipinski definition) is 3. The number of nitrogens with two attached hydrogens (primary N) is 1.